The molecule has 7 heteroatoms. The van der Waals surface area contributed by atoms with Gasteiger partial charge in [-0.2, -0.15) is 0 Å². The first-order chi connectivity index (χ1) is 14.2. The molecule has 0 aromatic heterocycles. The standard InChI is InChI=1S/C23H40N4O2.HI/c1-4-23(5-2,11-14-28)19-26-22(24-6-3)25-17-20-9-7-8-10-21(20)18-27-12-15-29-16-13-27;/h7-10,28H,4-6,11-19H2,1-3H3,(H2,24,25,26);1H. The summed E-state index contributed by atoms with van der Waals surface area (Å²) >= 11 is 0. The van der Waals surface area contributed by atoms with Crippen molar-refractivity contribution in [2.24, 2.45) is 10.4 Å². The molecule has 1 saturated heterocycles. The van der Waals surface area contributed by atoms with Crippen LogP contribution in [0.2, 0.25) is 0 Å². The number of hydrogen-bond acceptors (Lipinski definition) is 4. The van der Waals surface area contributed by atoms with Gasteiger partial charge in [-0.3, -0.25) is 4.90 Å². The molecule has 2 rings (SSSR count). The SMILES string of the molecule is CCNC(=NCc1ccccc1CN1CCOCC1)NCC(CC)(CC)CCO.I. The van der Waals surface area contributed by atoms with E-state index in [1.54, 1.807) is 0 Å². The maximum Gasteiger partial charge on any atom is 0.191 e. The van der Waals surface area contributed by atoms with Gasteiger partial charge in [0, 0.05) is 39.3 Å². The summed E-state index contributed by atoms with van der Waals surface area (Å²) in [7, 11) is 0. The van der Waals surface area contributed by atoms with E-state index >= 15 is 0 Å². The third kappa shape index (κ3) is 8.69. The molecule has 1 fully saturated rings. The summed E-state index contributed by atoms with van der Waals surface area (Å²) < 4.78 is 5.47. The van der Waals surface area contributed by atoms with Crippen molar-refractivity contribution in [2.75, 3.05) is 46.0 Å². The van der Waals surface area contributed by atoms with Crippen molar-refractivity contribution in [3.05, 3.63) is 35.4 Å². The van der Waals surface area contributed by atoms with E-state index in [9.17, 15) is 5.11 Å². The van der Waals surface area contributed by atoms with Gasteiger partial charge in [-0.25, -0.2) is 4.99 Å². The number of aliphatic hydroxyl groups excluding tert-OH is 1. The molecular weight excluding hydrogens is 491 g/mol. The number of nitrogens with one attached hydrogen (secondary N) is 2. The van der Waals surface area contributed by atoms with Gasteiger partial charge in [0.1, 0.15) is 0 Å². The first kappa shape index (κ1) is 27.1. The molecule has 1 aromatic rings. The molecular formula is C23H41IN4O2. The highest BCUT2D eigenvalue weighted by molar-refractivity contribution is 14.0. The molecule has 1 aliphatic heterocycles. The third-order valence-electron chi connectivity index (χ3n) is 6.14. The average Bonchev–Trinajstić information content (AvgIpc) is 2.76. The van der Waals surface area contributed by atoms with Crippen molar-refractivity contribution in [3.63, 3.8) is 0 Å². The fourth-order valence-corrected chi connectivity index (χ4v) is 3.82. The summed E-state index contributed by atoms with van der Waals surface area (Å²) in [5.74, 6) is 0.845. The van der Waals surface area contributed by atoms with Gasteiger partial charge in [0.25, 0.3) is 0 Å². The molecule has 0 saturated carbocycles. The van der Waals surface area contributed by atoms with Crippen LogP contribution in [0.4, 0.5) is 0 Å². The minimum atomic E-state index is 0. The van der Waals surface area contributed by atoms with Crippen molar-refractivity contribution in [1.82, 2.24) is 15.5 Å². The predicted molar refractivity (Wildman–Crippen MR) is 135 cm³/mol. The molecule has 0 amide bonds. The molecule has 0 spiro atoms. The van der Waals surface area contributed by atoms with Crippen LogP contribution in [-0.4, -0.2) is 62.0 Å². The van der Waals surface area contributed by atoms with Gasteiger partial charge in [-0.15, -0.1) is 24.0 Å². The van der Waals surface area contributed by atoms with Crippen LogP contribution in [0, 0.1) is 5.41 Å². The number of ether oxygens (including phenoxy) is 1. The van der Waals surface area contributed by atoms with Crippen molar-refractivity contribution in [1.29, 1.82) is 0 Å². The van der Waals surface area contributed by atoms with E-state index in [-0.39, 0.29) is 36.0 Å². The van der Waals surface area contributed by atoms with E-state index in [4.69, 9.17) is 9.73 Å². The minimum absolute atomic E-state index is 0. The number of guanidine groups is 1. The van der Waals surface area contributed by atoms with E-state index in [0.717, 1.165) is 71.2 Å². The average molecular weight is 533 g/mol. The molecule has 0 aliphatic carbocycles. The molecule has 0 atom stereocenters. The molecule has 1 aromatic carbocycles. The lowest BCUT2D eigenvalue weighted by molar-refractivity contribution is 0.0341. The van der Waals surface area contributed by atoms with E-state index in [1.165, 1.54) is 11.1 Å². The van der Waals surface area contributed by atoms with Crippen molar-refractivity contribution in [2.45, 2.75) is 53.1 Å². The first-order valence-electron chi connectivity index (χ1n) is 11.2. The van der Waals surface area contributed by atoms with Crippen LogP contribution in [0.1, 0.15) is 51.2 Å². The molecule has 0 unspecified atom stereocenters. The Morgan fingerprint density at radius 3 is 2.37 bits per heavy atom. The molecule has 3 N–H and O–H groups in total. The Morgan fingerprint density at radius 2 is 1.77 bits per heavy atom. The van der Waals surface area contributed by atoms with Crippen LogP contribution in [0.15, 0.2) is 29.3 Å². The van der Waals surface area contributed by atoms with Crippen LogP contribution >= 0.6 is 24.0 Å². The lowest BCUT2D eigenvalue weighted by Crippen LogP contribution is -2.43. The summed E-state index contributed by atoms with van der Waals surface area (Å²) in [6.45, 7) is 13.6. The van der Waals surface area contributed by atoms with Gasteiger partial charge < -0.3 is 20.5 Å². The van der Waals surface area contributed by atoms with Gasteiger partial charge in [-0.05, 0) is 42.7 Å². The number of morpholine rings is 1. The maximum atomic E-state index is 9.46. The zero-order valence-electron chi connectivity index (χ0n) is 19.0. The van der Waals surface area contributed by atoms with Crippen molar-refractivity contribution in [3.8, 4) is 0 Å². The van der Waals surface area contributed by atoms with Crippen LogP contribution < -0.4 is 10.6 Å². The summed E-state index contributed by atoms with van der Waals surface area (Å²) in [6.07, 6.45) is 2.90. The Kier molecular flexibility index (Phi) is 13.6. The van der Waals surface area contributed by atoms with E-state index in [1.807, 2.05) is 0 Å². The van der Waals surface area contributed by atoms with Gasteiger partial charge in [0.2, 0.25) is 0 Å². The van der Waals surface area contributed by atoms with Gasteiger partial charge in [-0.1, -0.05) is 38.1 Å². The lowest BCUT2D eigenvalue weighted by atomic mass is 9.79. The van der Waals surface area contributed by atoms with Crippen LogP contribution in [-0.2, 0) is 17.8 Å². The molecule has 0 radical (unpaired) electrons. The molecule has 1 aliphatic rings. The summed E-state index contributed by atoms with van der Waals surface area (Å²) in [4.78, 5) is 7.30. The van der Waals surface area contributed by atoms with Crippen molar-refractivity contribution < 1.29 is 9.84 Å². The molecule has 6 nitrogen and oxygen atoms in total. The summed E-state index contributed by atoms with van der Waals surface area (Å²) in [5, 5.41) is 16.4. The minimum Gasteiger partial charge on any atom is -0.396 e. The lowest BCUT2D eigenvalue weighted by Gasteiger charge is -2.32. The highest BCUT2D eigenvalue weighted by atomic mass is 127. The van der Waals surface area contributed by atoms with E-state index in [2.05, 4.69) is 60.6 Å². The zero-order valence-corrected chi connectivity index (χ0v) is 21.3. The van der Waals surface area contributed by atoms with E-state index in [0.29, 0.717) is 6.54 Å². The van der Waals surface area contributed by atoms with Gasteiger partial charge in [0.15, 0.2) is 5.96 Å². The van der Waals surface area contributed by atoms with Crippen LogP contribution in [0.3, 0.4) is 0 Å². The van der Waals surface area contributed by atoms with Crippen molar-refractivity contribution >= 4 is 29.9 Å². The molecule has 1 heterocycles. The van der Waals surface area contributed by atoms with Crippen LogP contribution in [0.5, 0.6) is 0 Å². The molecule has 0 bridgehead atoms. The molecule has 30 heavy (non-hydrogen) atoms. The number of aliphatic imine (C=N–C) groups is 1. The number of nitrogens with zero attached hydrogens (tertiary/aromatic N) is 2. The van der Waals surface area contributed by atoms with E-state index < -0.39 is 0 Å². The largest absolute Gasteiger partial charge is 0.396 e. The topological polar surface area (TPSA) is 69.1 Å². The van der Waals surface area contributed by atoms with Gasteiger partial charge >= 0.3 is 0 Å². The smallest absolute Gasteiger partial charge is 0.191 e. The Bertz CT molecular complexity index is 617. The Morgan fingerprint density at radius 1 is 1.10 bits per heavy atom. The van der Waals surface area contributed by atoms with Gasteiger partial charge in [0.05, 0.1) is 19.8 Å². The number of rotatable bonds is 11. The highest BCUT2D eigenvalue weighted by Crippen LogP contribution is 2.29. The fourth-order valence-electron chi connectivity index (χ4n) is 3.82. The molecule has 172 valence electrons. The Labute approximate surface area is 199 Å². The second kappa shape index (κ2) is 15.0. The predicted octanol–water partition coefficient (Wildman–Crippen LogP) is 3.38. The Hall–Kier alpha value is -0.900. The number of halogens is 1. The second-order valence-corrected chi connectivity index (χ2v) is 7.89. The second-order valence-electron chi connectivity index (χ2n) is 7.89. The normalized spacial score (nSPS) is 15.5. The monoisotopic (exact) mass is 532 g/mol. The highest BCUT2D eigenvalue weighted by Gasteiger charge is 2.25. The number of aliphatic hydroxyl groups is 1. The summed E-state index contributed by atoms with van der Waals surface area (Å²) in [5.41, 5.74) is 2.72. The zero-order chi connectivity index (χ0) is 21.0. The maximum absolute atomic E-state index is 9.46. The Balaban J connectivity index is 0.00000450. The quantitative estimate of drug-likeness (QED) is 0.232. The summed E-state index contributed by atoms with van der Waals surface area (Å²) in [6, 6.07) is 8.59. The first-order valence-corrected chi connectivity index (χ1v) is 11.2. The van der Waals surface area contributed by atoms with Crippen LogP contribution in [0.25, 0.3) is 0 Å². The number of benzene rings is 1. The fraction of sp³-hybridized carbons (Fsp3) is 0.696. The third-order valence-corrected chi connectivity index (χ3v) is 6.14. The number of hydrogen-bond donors (Lipinski definition) is 3.